The van der Waals surface area contributed by atoms with E-state index in [0.717, 1.165) is 23.4 Å². The third kappa shape index (κ3) is 3.24. The van der Waals surface area contributed by atoms with Crippen LogP contribution in [0.3, 0.4) is 0 Å². The Hall–Kier alpha value is -3.53. The molecule has 4 heteroatoms. The van der Waals surface area contributed by atoms with Gasteiger partial charge in [-0.3, -0.25) is 4.79 Å². The zero-order chi connectivity index (χ0) is 20.7. The minimum absolute atomic E-state index is 0.0858. The van der Waals surface area contributed by atoms with Crippen molar-refractivity contribution in [1.82, 2.24) is 0 Å². The zero-order valence-corrected chi connectivity index (χ0v) is 16.8. The van der Waals surface area contributed by atoms with Gasteiger partial charge in [-0.15, -0.1) is 0 Å². The first kappa shape index (κ1) is 18.5. The second-order valence-electron chi connectivity index (χ2n) is 8.14. The lowest BCUT2D eigenvalue weighted by molar-refractivity contribution is 0.102. The number of benzene rings is 3. The number of carbonyl (C=O) groups is 1. The molecule has 3 aromatic carbocycles. The highest BCUT2D eigenvalue weighted by Crippen LogP contribution is 2.50. The average molecular weight is 396 g/mol. The summed E-state index contributed by atoms with van der Waals surface area (Å²) in [6.07, 6.45) is 5.53. The number of allylic oxidation sites excluding steroid dienone is 2. The Kier molecular flexibility index (Phi) is 4.55. The first-order valence-corrected chi connectivity index (χ1v) is 10.3. The van der Waals surface area contributed by atoms with E-state index in [1.165, 1.54) is 11.1 Å². The predicted molar refractivity (Wildman–Crippen MR) is 120 cm³/mol. The van der Waals surface area contributed by atoms with Crippen LogP contribution in [0.2, 0.25) is 0 Å². The molecule has 5 rings (SSSR count). The molecule has 0 aromatic heterocycles. The molecule has 3 N–H and O–H groups in total. The van der Waals surface area contributed by atoms with Gasteiger partial charge in [-0.2, -0.15) is 0 Å². The SMILES string of the molecule is Cc1ccccc1C(=O)Nc1ccc2c(c1)C1C=CCC1C(c1ccc(O)cc1)N2. The monoisotopic (exact) mass is 396 g/mol. The highest BCUT2D eigenvalue weighted by Gasteiger charge is 2.38. The quantitative estimate of drug-likeness (QED) is 0.492. The van der Waals surface area contributed by atoms with Crippen molar-refractivity contribution in [3.8, 4) is 5.75 Å². The Bertz CT molecular complexity index is 1130. The molecular weight excluding hydrogens is 372 g/mol. The van der Waals surface area contributed by atoms with Crippen molar-refractivity contribution in [1.29, 1.82) is 0 Å². The molecule has 30 heavy (non-hydrogen) atoms. The number of phenolic OH excluding ortho intramolecular Hbond substituents is 1. The summed E-state index contributed by atoms with van der Waals surface area (Å²) in [5.41, 5.74) is 5.95. The summed E-state index contributed by atoms with van der Waals surface area (Å²) in [6, 6.07) is 21.4. The van der Waals surface area contributed by atoms with E-state index in [1.54, 1.807) is 12.1 Å². The van der Waals surface area contributed by atoms with E-state index in [4.69, 9.17) is 0 Å². The molecule has 2 aliphatic rings. The lowest BCUT2D eigenvalue weighted by Gasteiger charge is -2.37. The van der Waals surface area contributed by atoms with Crippen molar-refractivity contribution in [2.75, 3.05) is 10.6 Å². The molecular formula is C26H24N2O2. The Morgan fingerprint density at radius 1 is 1.07 bits per heavy atom. The van der Waals surface area contributed by atoms with Crippen molar-refractivity contribution in [3.05, 3.63) is 101 Å². The molecule has 0 saturated carbocycles. The van der Waals surface area contributed by atoms with Gasteiger partial charge < -0.3 is 15.7 Å². The molecule has 3 unspecified atom stereocenters. The molecule has 0 fully saturated rings. The number of fused-ring (bicyclic) bond motifs is 3. The molecule has 3 aromatic rings. The topological polar surface area (TPSA) is 61.4 Å². The highest BCUT2D eigenvalue weighted by molar-refractivity contribution is 6.05. The van der Waals surface area contributed by atoms with Gasteiger partial charge in [0.05, 0.1) is 6.04 Å². The molecule has 0 radical (unpaired) electrons. The molecule has 3 atom stereocenters. The number of anilines is 2. The first-order valence-electron chi connectivity index (χ1n) is 10.3. The van der Waals surface area contributed by atoms with Gasteiger partial charge in [-0.25, -0.2) is 0 Å². The normalized spacial score (nSPS) is 21.4. The lowest BCUT2D eigenvalue weighted by Crippen LogP contribution is -2.29. The fourth-order valence-corrected chi connectivity index (χ4v) is 4.71. The smallest absolute Gasteiger partial charge is 0.255 e. The van der Waals surface area contributed by atoms with Gasteiger partial charge in [0.2, 0.25) is 0 Å². The highest BCUT2D eigenvalue weighted by atomic mass is 16.3. The van der Waals surface area contributed by atoms with Crippen LogP contribution in [-0.4, -0.2) is 11.0 Å². The number of rotatable bonds is 3. The molecule has 1 amide bonds. The van der Waals surface area contributed by atoms with Crippen molar-refractivity contribution < 1.29 is 9.90 Å². The second kappa shape index (κ2) is 7.38. The van der Waals surface area contributed by atoms with Crippen LogP contribution in [-0.2, 0) is 0 Å². The largest absolute Gasteiger partial charge is 0.508 e. The predicted octanol–water partition coefficient (Wildman–Crippen LogP) is 5.78. The van der Waals surface area contributed by atoms with E-state index in [9.17, 15) is 9.90 Å². The van der Waals surface area contributed by atoms with Crippen LogP contribution in [0.5, 0.6) is 5.75 Å². The van der Waals surface area contributed by atoms with Crippen LogP contribution in [0.4, 0.5) is 11.4 Å². The maximum Gasteiger partial charge on any atom is 0.255 e. The third-order valence-electron chi connectivity index (χ3n) is 6.26. The number of aryl methyl sites for hydroxylation is 1. The Labute approximate surface area is 176 Å². The van der Waals surface area contributed by atoms with E-state index in [-0.39, 0.29) is 17.7 Å². The maximum absolute atomic E-state index is 12.7. The zero-order valence-electron chi connectivity index (χ0n) is 16.8. The van der Waals surface area contributed by atoms with E-state index >= 15 is 0 Å². The van der Waals surface area contributed by atoms with Gasteiger partial charge in [0.1, 0.15) is 5.75 Å². The minimum Gasteiger partial charge on any atom is -0.508 e. The summed E-state index contributed by atoms with van der Waals surface area (Å²) in [5.74, 6) is 0.905. The van der Waals surface area contributed by atoms with Crippen LogP contribution >= 0.6 is 0 Å². The summed E-state index contributed by atoms with van der Waals surface area (Å²) >= 11 is 0. The van der Waals surface area contributed by atoms with Gasteiger partial charge in [0.15, 0.2) is 0 Å². The molecule has 0 bridgehead atoms. The van der Waals surface area contributed by atoms with Crippen LogP contribution in [0.25, 0.3) is 0 Å². The van der Waals surface area contributed by atoms with Gasteiger partial charge in [0, 0.05) is 22.9 Å². The molecule has 0 saturated heterocycles. The van der Waals surface area contributed by atoms with Gasteiger partial charge >= 0.3 is 0 Å². The van der Waals surface area contributed by atoms with E-state index in [1.807, 2.05) is 49.4 Å². The van der Waals surface area contributed by atoms with Gasteiger partial charge in [-0.1, -0.05) is 42.5 Å². The molecule has 1 heterocycles. The number of carbonyl (C=O) groups excluding carboxylic acids is 1. The Balaban J connectivity index is 1.44. The molecule has 1 aliphatic carbocycles. The van der Waals surface area contributed by atoms with Gasteiger partial charge in [0.25, 0.3) is 5.91 Å². The molecule has 4 nitrogen and oxygen atoms in total. The van der Waals surface area contributed by atoms with E-state index in [0.29, 0.717) is 17.4 Å². The van der Waals surface area contributed by atoms with Gasteiger partial charge in [-0.05, 0) is 72.4 Å². The molecule has 0 spiro atoms. The van der Waals surface area contributed by atoms with Crippen molar-refractivity contribution in [3.63, 3.8) is 0 Å². The second-order valence-corrected chi connectivity index (χ2v) is 8.14. The summed E-state index contributed by atoms with van der Waals surface area (Å²) in [4.78, 5) is 12.7. The number of amides is 1. The summed E-state index contributed by atoms with van der Waals surface area (Å²) in [5, 5.41) is 16.4. The van der Waals surface area contributed by atoms with Crippen LogP contribution in [0.15, 0.2) is 78.9 Å². The fraction of sp³-hybridized carbons (Fsp3) is 0.192. The first-order chi connectivity index (χ1) is 14.6. The minimum atomic E-state index is -0.0858. The number of nitrogens with one attached hydrogen (secondary N) is 2. The molecule has 150 valence electrons. The standard InChI is InChI=1S/C26H24N2O2/c1-16-5-2-3-6-20(16)26(30)27-18-11-14-24-23(15-18)21-7-4-8-22(21)25(28-24)17-9-12-19(29)13-10-17/h2-7,9-15,21-22,25,28-29H,8H2,1H3,(H,27,30). The maximum atomic E-state index is 12.7. The fourth-order valence-electron chi connectivity index (χ4n) is 4.71. The van der Waals surface area contributed by atoms with E-state index in [2.05, 4.69) is 34.9 Å². The lowest BCUT2D eigenvalue weighted by atomic mass is 9.77. The van der Waals surface area contributed by atoms with Crippen LogP contribution in [0.1, 0.15) is 45.4 Å². The van der Waals surface area contributed by atoms with Crippen LogP contribution in [0, 0.1) is 12.8 Å². The number of aromatic hydroxyl groups is 1. The number of hydrogen-bond donors (Lipinski definition) is 3. The Morgan fingerprint density at radius 2 is 1.87 bits per heavy atom. The summed E-state index contributed by atoms with van der Waals surface area (Å²) in [6.45, 7) is 1.95. The molecule has 1 aliphatic heterocycles. The van der Waals surface area contributed by atoms with E-state index < -0.39 is 0 Å². The van der Waals surface area contributed by atoms with Crippen molar-refractivity contribution in [2.24, 2.45) is 5.92 Å². The van der Waals surface area contributed by atoms with Crippen molar-refractivity contribution >= 4 is 17.3 Å². The average Bonchev–Trinajstić information content (AvgIpc) is 3.24. The number of phenols is 1. The van der Waals surface area contributed by atoms with Crippen LogP contribution < -0.4 is 10.6 Å². The number of hydrogen-bond acceptors (Lipinski definition) is 3. The third-order valence-corrected chi connectivity index (χ3v) is 6.26. The summed E-state index contributed by atoms with van der Waals surface area (Å²) in [7, 11) is 0. The van der Waals surface area contributed by atoms with Crippen molar-refractivity contribution in [2.45, 2.75) is 25.3 Å². The Morgan fingerprint density at radius 3 is 2.67 bits per heavy atom. The summed E-state index contributed by atoms with van der Waals surface area (Å²) < 4.78 is 0.